The molecule has 0 bridgehead atoms. The maximum atomic E-state index is 2.27. The Morgan fingerprint density at radius 2 is 1.00 bits per heavy atom. The monoisotopic (exact) mass is 179 g/mol. The minimum atomic E-state index is 0. The average molecular weight is 180 g/mol. The van der Waals surface area contributed by atoms with Crippen LogP contribution in [0.25, 0.3) is 0 Å². The van der Waals surface area contributed by atoms with E-state index in [0.29, 0.717) is 0 Å². The molecule has 0 saturated heterocycles. The first-order valence-corrected chi connectivity index (χ1v) is 4.50. The van der Waals surface area contributed by atoms with Crippen LogP contribution >= 0.6 is 0 Å². The molecule has 0 saturated carbocycles. The zero-order valence-electron chi connectivity index (χ0n) is 3.82. The first-order chi connectivity index (χ1) is 1.73. The van der Waals surface area contributed by atoms with Gasteiger partial charge in [0.2, 0.25) is 0 Å². The average Bonchev–Trinajstić information content (AvgIpc) is 0.811. The Hall–Kier alpha value is 0.879. The molecule has 0 aliphatic carbocycles. The van der Waals surface area contributed by atoms with Crippen LogP contribution in [0.1, 0.15) is 0 Å². The van der Waals surface area contributed by atoms with E-state index in [0.717, 1.165) is 0 Å². The molecule has 0 aromatic rings. The molecule has 0 heterocycles. The Morgan fingerprint density at radius 1 is 1.00 bits per heavy atom. The first kappa shape index (κ1) is 9.30. The second-order valence-corrected chi connectivity index (χ2v) is 4.50. The van der Waals surface area contributed by atoms with E-state index in [1.54, 1.807) is 0 Å². The predicted molar refractivity (Wildman–Crippen MR) is 23.3 cm³/mol. The van der Waals surface area contributed by atoms with Crippen molar-refractivity contribution >= 4 is 8.80 Å². The Morgan fingerprint density at radius 3 is 1.00 bits per heavy atom. The Kier molecular flexibility index (Phi) is 9.08. The SMILES string of the molecule is C[Si](C)C.[Pd]. The second kappa shape index (κ2) is 4.88. The van der Waals surface area contributed by atoms with E-state index in [9.17, 15) is 0 Å². The summed E-state index contributed by atoms with van der Waals surface area (Å²) in [5.74, 6) is 0. The van der Waals surface area contributed by atoms with Gasteiger partial charge in [-0.2, -0.15) is 0 Å². The summed E-state index contributed by atoms with van der Waals surface area (Å²) in [6.07, 6.45) is 0. The van der Waals surface area contributed by atoms with E-state index in [-0.39, 0.29) is 29.2 Å². The zero-order valence-corrected chi connectivity index (χ0v) is 6.37. The quantitative estimate of drug-likeness (QED) is 0.493. The standard InChI is InChI=1S/C3H9Si.Pd/c1-4(2)3;/h1-3H3;. The number of hydrogen-bond acceptors (Lipinski definition) is 0. The van der Waals surface area contributed by atoms with E-state index in [4.69, 9.17) is 0 Å². The van der Waals surface area contributed by atoms with Crippen molar-refractivity contribution in [3.05, 3.63) is 0 Å². The van der Waals surface area contributed by atoms with Gasteiger partial charge in [-0.3, -0.25) is 0 Å². The second-order valence-electron chi connectivity index (χ2n) is 1.50. The van der Waals surface area contributed by atoms with Crippen LogP contribution in [0.3, 0.4) is 0 Å². The largest absolute Gasteiger partial charge is 0.0715 e. The predicted octanol–water partition coefficient (Wildman–Crippen LogP) is 1.37. The van der Waals surface area contributed by atoms with E-state index in [2.05, 4.69) is 19.6 Å². The van der Waals surface area contributed by atoms with Gasteiger partial charge in [-0.05, 0) is 0 Å². The van der Waals surface area contributed by atoms with Crippen LogP contribution in [0.4, 0.5) is 0 Å². The van der Waals surface area contributed by atoms with Gasteiger partial charge < -0.3 is 0 Å². The summed E-state index contributed by atoms with van der Waals surface area (Å²) in [4.78, 5) is 0. The summed E-state index contributed by atoms with van der Waals surface area (Å²) in [6.45, 7) is 6.81. The molecule has 0 aromatic carbocycles. The summed E-state index contributed by atoms with van der Waals surface area (Å²) in [5, 5.41) is 0. The topological polar surface area (TPSA) is 0 Å². The van der Waals surface area contributed by atoms with Crippen LogP contribution in [0.5, 0.6) is 0 Å². The van der Waals surface area contributed by atoms with Crippen molar-refractivity contribution in [2.75, 3.05) is 0 Å². The van der Waals surface area contributed by atoms with Gasteiger partial charge >= 0.3 is 0 Å². The van der Waals surface area contributed by atoms with Crippen LogP contribution in [-0.2, 0) is 20.4 Å². The molecule has 1 radical (unpaired) electrons. The van der Waals surface area contributed by atoms with Gasteiger partial charge in [-0.25, -0.2) is 0 Å². The molecule has 0 aliphatic heterocycles. The third-order valence-corrected chi connectivity index (χ3v) is 0. The summed E-state index contributed by atoms with van der Waals surface area (Å²) >= 11 is 0. The van der Waals surface area contributed by atoms with Crippen molar-refractivity contribution < 1.29 is 20.4 Å². The van der Waals surface area contributed by atoms with E-state index >= 15 is 0 Å². The summed E-state index contributed by atoms with van der Waals surface area (Å²) in [5.41, 5.74) is 0. The molecule has 2 heteroatoms. The molecule has 0 atom stereocenters. The molecule has 0 spiro atoms. The van der Waals surface area contributed by atoms with Gasteiger partial charge in [0.1, 0.15) is 0 Å². The van der Waals surface area contributed by atoms with Crippen LogP contribution in [0, 0.1) is 0 Å². The fourth-order valence-electron chi connectivity index (χ4n) is 0. The molecular weight excluding hydrogens is 171 g/mol. The molecule has 0 unspecified atom stereocenters. The van der Waals surface area contributed by atoms with Crippen LogP contribution in [0.2, 0.25) is 19.6 Å². The molecule has 0 aromatic heterocycles. The van der Waals surface area contributed by atoms with Crippen molar-refractivity contribution in [2.45, 2.75) is 19.6 Å². The van der Waals surface area contributed by atoms with Gasteiger partial charge in [-0.15, -0.1) is 0 Å². The molecule has 35 valence electrons. The fourth-order valence-corrected chi connectivity index (χ4v) is 0. The smallest absolute Gasteiger partial charge is 0.0379 e. The maximum Gasteiger partial charge on any atom is 0.0379 e. The van der Waals surface area contributed by atoms with Crippen LogP contribution in [0.15, 0.2) is 0 Å². The fraction of sp³-hybridized carbons (Fsp3) is 1.00. The van der Waals surface area contributed by atoms with Crippen molar-refractivity contribution in [3.8, 4) is 0 Å². The molecule has 0 rings (SSSR count). The molecule has 0 nitrogen and oxygen atoms in total. The Bertz CT molecular complexity index is 11.6. The van der Waals surface area contributed by atoms with Crippen molar-refractivity contribution in [3.63, 3.8) is 0 Å². The van der Waals surface area contributed by atoms with Crippen molar-refractivity contribution in [2.24, 2.45) is 0 Å². The molecule has 0 aliphatic rings. The molecule has 0 fully saturated rings. The van der Waals surface area contributed by atoms with Gasteiger partial charge in [0.25, 0.3) is 0 Å². The van der Waals surface area contributed by atoms with Crippen molar-refractivity contribution in [1.29, 1.82) is 0 Å². The van der Waals surface area contributed by atoms with Gasteiger partial charge in [0, 0.05) is 29.2 Å². The minimum Gasteiger partial charge on any atom is -0.0715 e. The third-order valence-electron chi connectivity index (χ3n) is 0. The van der Waals surface area contributed by atoms with E-state index in [1.807, 2.05) is 0 Å². The maximum absolute atomic E-state index is 2.27. The van der Waals surface area contributed by atoms with E-state index < -0.39 is 0 Å². The zero-order chi connectivity index (χ0) is 3.58. The number of rotatable bonds is 0. The van der Waals surface area contributed by atoms with Crippen molar-refractivity contribution in [1.82, 2.24) is 0 Å². The van der Waals surface area contributed by atoms with Crippen LogP contribution in [-0.4, -0.2) is 8.80 Å². The minimum absolute atomic E-state index is 0. The summed E-state index contributed by atoms with van der Waals surface area (Å²) in [7, 11) is 0.120. The summed E-state index contributed by atoms with van der Waals surface area (Å²) < 4.78 is 0. The normalized spacial score (nSPS) is 7.20. The first-order valence-electron chi connectivity index (χ1n) is 1.50. The Balaban J connectivity index is 0. The van der Waals surface area contributed by atoms with Gasteiger partial charge in [0.05, 0.1) is 0 Å². The van der Waals surface area contributed by atoms with E-state index in [1.165, 1.54) is 0 Å². The summed E-state index contributed by atoms with van der Waals surface area (Å²) in [6, 6.07) is 0. The Labute approximate surface area is 49.2 Å². The molecule has 0 amide bonds. The molecular formula is C3H9PdSi. The molecule has 5 heavy (non-hydrogen) atoms. The third kappa shape index (κ3) is 52.3. The van der Waals surface area contributed by atoms with Gasteiger partial charge in [0.15, 0.2) is 0 Å². The van der Waals surface area contributed by atoms with Crippen LogP contribution < -0.4 is 0 Å². The number of hydrogen-bond donors (Lipinski definition) is 0. The molecule has 0 N–H and O–H groups in total. The van der Waals surface area contributed by atoms with Gasteiger partial charge in [-0.1, -0.05) is 19.6 Å².